The molecule has 1 atom stereocenters. The molecular weight excluding hydrogens is 470 g/mol. The first-order chi connectivity index (χ1) is 16.3. The minimum absolute atomic E-state index is 0.0224. The van der Waals surface area contributed by atoms with Gasteiger partial charge < -0.3 is 10.1 Å². The minimum Gasteiger partial charge on any atom is -0.376 e. The van der Waals surface area contributed by atoms with E-state index in [1.807, 2.05) is 31.2 Å². The van der Waals surface area contributed by atoms with Crippen molar-refractivity contribution in [3.63, 3.8) is 0 Å². The summed E-state index contributed by atoms with van der Waals surface area (Å²) in [6, 6.07) is 16.6. The van der Waals surface area contributed by atoms with Crippen LogP contribution in [0.2, 0.25) is 0 Å². The molecule has 9 heteroatoms. The van der Waals surface area contributed by atoms with Crippen LogP contribution in [0.4, 0.5) is 5.69 Å². The van der Waals surface area contributed by atoms with Crippen molar-refractivity contribution >= 4 is 33.0 Å². The van der Waals surface area contributed by atoms with Crippen LogP contribution in [-0.4, -0.2) is 45.0 Å². The first-order valence-electron chi connectivity index (χ1n) is 11.2. The van der Waals surface area contributed by atoms with Crippen LogP contribution in [-0.2, 0) is 27.8 Å². The van der Waals surface area contributed by atoms with Crippen LogP contribution in [0.25, 0.3) is 0 Å². The van der Waals surface area contributed by atoms with Gasteiger partial charge in [-0.2, -0.15) is 0 Å². The summed E-state index contributed by atoms with van der Waals surface area (Å²) in [5.74, 6) is -0.410. The summed E-state index contributed by atoms with van der Waals surface area (Å²) in [6.07, 6.45) is 0.230. The summed E-state index contributed by atoms with van der Waals surface area (Å²) in [4.78, 5) is 15.4. The van der Waals surface area contributed by atoms with E-state index < -0.39 is 15.9 Å². The lowest BCUT2D eigenvalue weighted by Crippen LogP contribution is -2.40. The highest BCUT2D eigenvalue weighted by Gasteiger charge is 2.24. The number of ether oxygens (including phenoxy) is 1. The van der Waals surface area contributed by atoms with Gasteiger partial charge in [-0.05, 0) is 48.6 Å². The fourth-order valence-electron chi connectivity index (χ4n) is 3.90. The van der Waals surface area contributed by atoms with Crippen molar-refractivity contribution in [2.45, 2.75) is 37.9 Å². The molecule has 2 heterocycles. The van der Waals surface area contributed by atoms with Gasteiger partial charge in [-0.15, -0.1) is 11.3 Å². The SMILES string of the molecule is Cc1ccc(NS(=O)(=O)c2ccsc2C(=O)NCc2cccc(CN3CCOC(C)C3)c2)cc1. The third-order valence-corrected chi connectivity index (χ3v) is 8.07. The van der Waals surface area contributed by atoms with Crippen molar-refractivity contribution in [2.24, 2.45) is 0 Å². The second-order valence-corrected chi connectivity index (χ2v) is 11.1. The molecule has 2 N–H and O–H groups in total. The average Bonchev–Trinajstić information content (AvgIpc) is 3.31. The number of hydrogen-bond acceptors (Lipinski definition) is 6. The van der Waals surface area contributed by atoms with Crippen LogP contribution < -0.4 is 10.0 Å². The van der Waals surface area contributed by atoms with Crippen LogP contribution in [0.15, 0.2) is 64.9 Å². The number of hydrogen-bond donors (Lipinski definition) is 2. The zero-order valence-corrected chi connectivity index (χ0v) is 20.9. The molecule has 1 aromatic heterocycles. The highest BCUT2D eigenvalue weighted by molar-refractivity contribution is 7.93. The van der Waals surface area contributed by atoms with Gasteiger partial charge in [0.1, 0.15) is 9.77 Å². The minimum atomic E-state index is -3.89. The summed E-state index contributed by atoms with van der Waals surface area (Å²) in [7, 11) is -3.89. The quantitative estimate of drug-likeness (QED) is 0.489. The molecule has 34 heavy (non-hydrogen) atoms. The Balaban J connectivity index is 1.39. The Morgan fingerprint density at radius 2 is 1.91 bits per heavy atom. The van der Waals surface area contributed by atoms with Gasteiger partial charge in [0.15, 0.2) is 0 Å². The van der Waals surface area contributed by atoms with Gasteiger partial charge in [0, 0.05) is 31.9 Å². The fourth-order valence-corrected chi connectivity index (χ4v) is 6.30. The van der Waals surface area contributed by atoms with Crippen LogP contribution in [0.1, 0.15) is 33.3 Å². The number of anilines is 1. The maximum Gasteiger partial charge on any atom is 0.263 e. The second-order valence-electron chi connectivity index (χ2n) is 8.50. The number of rotatable bonds is 8. The number of amides is 1. The number of aryl methyl sites for hydroxylation is 1. The van der Waals surface area contributed by atoms with E-state index in [1.165, 1.54) is 11.6 Å². The van der Waals surface area contributed by atoms with E-state index in [1.54, 1.807) is 17.5 Å². The monoisotopic (exact) mass is 499 g/mol. The van der Waals surface area contributed by atoms with Gasteiger partial charge in [-0.1, -0.05) is 42.0 Å². The summed E-state index contributed by atoms with van der Waals surface area (Å²) in [5.41, 5.74) is 3.62. The van der Waals surface area contributed by atoms with E-state index in [9.17, 15) is 13.2 Å². The van der Waals surface area contributed by atoms with E-state index in [-0.39, 0.29) is 15.9 Å². The molecule has 0 spiro atoms. The maximum absolute atomic E-state index is 12.9. The smallest absolute Gasteiger partial charge is 0.263 e. The maximum atomic E-state index is 12.9. The van der Waals surface area contributed by atoms with Gasteiger partial charge in [0.2, 0.25) is 0 Å². The lowest BCUT2D eigenvalue weighted by molar-refractivity contribution is -0.0212. The molecule has 0 saturated carbocycles. The molecule has 0 bridgehead atoms. The molecule has 7 nitrogen and oxygen atoms in total. The Labute approximate surface area is 204 Å². The van der Waals surface area contributed by atoms with Gasteiger partial charge in [-0.3, -0.25) is 14.4 Å². The largest absolute Gasteiger partial charge is 0.376 e. The van der Waals surface area contributed by atoms with Gasteiger partial charge in [0.05, 0.1) is 12.7 Å². The molecule has 2 aromatic carbocycles. The molecule has 1 unspecified atom stereocenters. The first-order valence-corrected chi connectivity index (χ1v) is 13.5. The van der Waals surface area contributed by atoms with Crippen LogP contribution in [0.3, 0.4) is 0 Å². The summed E-state index contributed by atoms with van der Waals surface area (Å²) in [6.45, 7) is 7.68. The topological polar surface area (TPSA) is 87.7 Å². The highest BCUT2D eigenvalue weighted by atomic mass is 32.2. The lowest BCUT2D eigenvalue weighted by Gasteiger charge is -2.31. The molecule has 4 rings (SSSR count). The van der Waals surface area contributed by atoms with Gasteiger partial charge >= 0.3 is 0 Å². The van der Waals surface area contributed by atoms with Crippen LogP contribution in [0, 0.1) is 6.92 Å². The number of carbonyl (C=O) groups is 1. The van der Waals surface area contributed by atoms with Gasteiger partial charge in [-0.25, -0.2) is 8.42 Å². The van der Waals surface area contributed by atoms with E-state index in [2.05, 4.69) is 34.0 Å². The van der Waals surface area contributed by atoms with E-state index in [4.69, 9.17) is 4.74 Å². The van der Waals surface area contributed by atoms with E-state index >= 15 is 0 Å². The molecule has 1 aliphatic rings. The third kappa shape index (κ3) is 6.24. The number of nitrogens with one attached hydrogen (secondary N) is 2. The van der Waals surface area contributed by atoms with Crippen molar-refractivity contribution in [1.82, 2.24) is 10.2 Å². The molecule has 3 aromatic rings. The number of nitrogens with zero attached hydrogens (tertiary/aromatic N) is 1. The zero-order valence-electron chi connectivity index (χ0n) is 19.3. The Kier molecular flexibility index (Phi) is 7.67. The molecule has 1 saturated heterocycles. The van der Waals surface area contributed by atoms with Crippen LogP contribution >= 0.6 is 11.3 Å². The van der Waals surface area contributed by atoms with Crippen molar-refractivity contribution in [3.05, 3.63) is 81.5 Å². The number of carbonyl (C=O) groups excluding carboxylic acids is 1. The Morgan fingerprint density at radius 3 is 2.68 bits per heavy atom. The third-order valence-electron chi connectivity index (χ3n) is 5.60. The summed E-state index contributed by atoms with van der Waals surface area (Å²) >= 11 is 1.11. The first kappa shape index (κ1) is 24.4. The Morgan fingerprint density at radius 1 is 1.15 bits per heavy atom. The Bertz CT molecular complexity index is 1240. The second kappa shape index (κ2) is 10.7. The average molecular weight is 500 g/mol. The molecule has 1 fully saturated rings. The normalized spacial score (nSPS) is 16.8. The van der Waals surface area contributed by atoms with Crippen LogP contribution in [0.5, 0.6) is 0 Å². The standard InChI is InChI=1S/C25H29N3O4S2/c1-18-6-8-22(9-7-18)27-34(30,31)23-10-13-33-24(23)25(29)26-15-20-4-3-5-21(14-20)17-28-11-12-32-19(2)16-28/h3-10,13-14,19,27H,11-12,15-17H2,1-2H3,(H,26,29). The predicted octanol–water partition coefficient (Wildman–Crippen LogP) is 4.01. The lowest BCUT2D eigenvalue weighted by atomic mass is 10.1. The predicted molar refractivity (Wildman–Crippen MR) is 135 cm³/mol. The Hall–Kier alpha value is -2.72. The molecule has 0 radical (unpaired) electrons. The molecule has 1 aliphatic heterocycles. The summed E-state index contributed by atoms with van der Waals surface area (Å²) < 4.78 is 34.0. The van der Waals surface area contributed by atoms with Crippen molar-refractivity contribution < 1.29 is 17.9 Å². The summed E-state index contributed by atoms with van der Waals surface area (Å²) in [5, 5.41) is 4.48. The molecule has 180 valence electrons. The number of benzene rings is 2. The molecule has 1 amide bonds. The molecule has 0 aliphatic carbocycles. The van der Waals surface area contributed by atoms with Crippen molar-refractivity contribution in [2.75, 3.05) is 24.4 Å². The molecular formula is C25H29N3O4S2. The van der Waals surface area contributed by atoms with E-state index in [0.717, 1.165) is 48.7 Å². The van der Waals surface area contributed by atoms with Crippen molar-refractivity contribution in [1.29, 1.82) is 0 Å². The zero-order chi connectivity index (χ0) is 24.1. The fraction of sp³-hybridized carbons (Fsp3) is 0.320. The highest BCUT2D eigenvalue weighted by Crippen LogP contribution is 2.25. The number of sulfonamides is 1. The number of thiophene rings is 1. The van der Waals surface area contributed by atoms with Crippen molar-refractivity contribution in [3.8, 4) is 0 Å². The van der Waals surface area contributed by atoms with Gasteiger partial charge in [0.25, 0.3) is 15.9 Å². The van der Waals surface area contributed by atoms with E-state index in [0.29, 0.717) is 12.2 Å². The number of morpholine rings is 1.